The highest BCUT2D eigenvalue weighted by atomic mass is 16.5. The molecule has 2 fully saturated rings. The molecule has 2 amide bonds. The number of nitrogens with one attached hydrogen (secondary N) is 1. The van der Waals surface area contributed by atoms with Crippen LogP contribution in [-0.2, 0) is 4.74 Å². The van der Waals surface area contributed by atoms with Crippen LogP contribution in [0.3, 0.4) is 0 Å². The molecule has 3 rings (SSSR count). The van der Waals surface area contributed by atoms with Gasteiger partial charge in [0, 0.05) is 25.9 Å². The average molecular weight is 275 g/mol. The monoisotopic (exact) mass is 275 g/mol. The van der Waals surface area contributed by atoms with Crippen molar-refractivity contribution in [1.82, 2.24) is 15.2 Å². The maximum absolute atomic E-state index is 12.3. The fourth-order valence-corrected chi connectivity index (χ4v) is 3.00. The van der Waals surface area contributed by atoms with E-state index in [1.807, 2.05) is 23.1 Å². The molecule has 0 aliphatic carbocycles. The van der Waals surface area contributed by atoms with Crippen LogP contribution >= 0.6 is 0 Å². The second-order valence-corrected chi connectivity index (χ2v) is 5.43. The van der Waals surface area contributed by atoms with Gasteiger partial charge in [-0.2, -0.15) is 0 Å². The lowest BCUT2D eigenvalue weighted by atomic mass is 10.1. The van der Waals surface area contributed by atoms with Gasteiger partial charge in [0.1, 0.15) is 0 Å². The molecule has 0 unspecified atom stereocenters. The molecule has 20 heavy (non-hydrogen) atoms. The zero-order chi connectivity index (χ0) is 13.8. The molecule has 108 valence electrons. The van der Waals surface area contributed by atoms with Crippen molar-refractivity contribution in [3.63, 3.8) is 0 Å². The Labute approximate surface area is 119 Å². The number of likely N-dealkylation sites (tertiary alicyclic amines) is 1. The van der Waals surface area contributed by atoms with Crippen molar-refractivity contribution in [3.8, 4) is 0 Å². The lowest BCUT2D eigenvalue weighted by molar-refractivity contribution is 0.108. The number of carbonyl (C=O) groups is 1. The van der Waals surface area contributed by atoms with E-state index >= 15 is 0 Å². The standard InChI is InChI=1S/C15H21N3O2/c19-15(17-11-12-5-4-10-20-12)18-9-3-7-14(18)13-6-1-2-8-16-13/h1-2,6,8,12,14H,3-5,7,9-11H2,(H,17,19)/t12-,14+/m0/s1. The van der Waals surface area contributed by atoms with E-state index in [-0.39, 0.29) is 18.2 Å². The van der Waals surface area contributed by atoms with E-state index in [4.69, 9.17) is 4.74 Å². The summed E-state index contributed by atoms with van der Waals surface area (Å²) in [5, 5.41) is 3.00. The van der Waals surface area contributed by atoms with E-state index in [0.717, 1.165) is 44.5 Å². The smallest absolute Gasteiger partial charge is 0.318 e. The summed E-state index contributed by atoms with van der Waals surface area (Å²) in [6, 6.07) is 5.99. The van der Waals surface area contributed by atoms with Gasteiger partial charge in [-0.25, -0.2) is 4.79 Å². The molecule has 2 atom stereocenters. The molecule has 2 aliphatic heterocycles. The van der Waals surface area contributed by atoms with Crippen LogP contribution in [-0.4, -0.2) is 41.7 Å². The first kappa shape index (κ1) is 13.4. The van der Waals surface area contributed by atoms with Crippen molar-refractivity contribution in [3.05, 3.63) is 30.1 Å². The molecule has 3 heterocycles. The van der Waals surface area contributed by atoms with E-state index in [1.165, 1.54) is 0 Å². The van der Waals surface area contributed by atoms with E-state index in [1.54, 1.807) is 6.20 Å². The number of hydrogen-bond donors (Lipinski definition) is 1. The lowest BCUT2D eigenvalue weighted by Gasteiger charge is -2.25. The molecule has 0 radical (unpaired) electrons. The van der Waals surface area contributed by atoms with Crippen molar-refractivity contribution in [1.29, 1.82) is 0 Å². The summed E-state index contributed by atoms with van der Waals surface area (Å²) < 4.78 is 5.53. The Balaban J connectivity index is 1.58. The molecule has 1 N–H and O–H groups in total. The van der Waals surface area contributed by atoms with Crippen LogP contribution in [0.2, 0.25) is 0 Å². The highest BCUT2D eigenvalue weighted by Gasteiger charge is 2.31. The molecule has 1 aromatic rings. The largest absolute Gasteiger partial charge is 0.376 e. The summed E-state index contributed by atoms with van der Waals surface area (Å²) in [4.78, 5) is 18.6. The zero-order valence-electron chi connectivity index (χ0n) is 11.6. The van der Waals surface area contributed by atoms with E-state index < -0.39 is 0 Å². The molecule has 2 aliphatic rings. The molecule has 5 heteroatoms. The van der Waals surface area contributed by atoms with Gasteiger partial charge >= 0.3 is 6.03 Å². The Hall–Kier alpha value is -1.62. The highest BCUT2D eigenvalue weighted by molar-refractivity contribution is 5.75. The number of carbonyl (C=O) groups excluding carboxylic acids is 1. The first-order chi connectivity index (χ1) is 9.84. The van der Waals surface area contributed by atoms with Gasteiger partial charge < -0.3 is 15.0 Å². The summed E-state index contributed by atoms with van der Waals surface area (Å²) in [6.45, 7) is 2.24. The molecule has 1 aromatic heterocycles. The molecule has 0 aromatic carbocycles. The summed E-state index contributed by atoms with van der Waals surface area (Å²) >= 11 is 0. The maximum Gasteiger partial charge on any atom is 0.318 e. The number of aromatic nitrogens is 1. The van der Waals surface area contributed by atoms with Crippen LogP contribution in [0.1, 0.15) is 37.4 Å². The molecule has 5 nitrogen and oxygen atoms in total. The Bertz CT molecular complexity index is 446. The molecule has 0 spiro atoms. The zero-order valence-corrected chi connectivity index (χ0v) is 11.6. The van der Waals surface area contributed by atoms with E-state index in [9.17, 15) is 4.79 Å². The third kappa shape index (κ3) is 2.93. The van der Waals surface area contributed by atoms with Gasteiger partial charge in [0.2, 0.25) is 0 Å². The van der Waals surface area contributed by atoms with Gasteiger partial charge in [-0.15, -0.1) is 0 Å². The summed E-state index contributed by atoms with van der Waals surface area (Å²) in [5.41, 5.74) is 0.984. The Kier molecular flexibility index (Phi) is 4.16. The van der Waals surface area contributed by atoms with Crippen LogP contribution in [0.25, 0.3) is 0 Å². The Morgan fingerprint density at radius 1 is 1.40 bits per heavy atom. The van der Waals surface area contributed by atoms with E-state index in [0.29, 0.717) is 6.54 Å². The van der Waals surface area contributed by atoms with Crippen molar-refractivity contribution in [2.45, 2.75) is 37.8 Å². The second kappa shape index (κ2) is 6.22. The number of nitrogens with zero attached hydrogens (tertiary/aromatic N) is 2. The third-order valence-corrected chi connectivity index (χ3v) is 4.05. The van der Waals surface area contributed by atoms with Crippen LogP contribution in [0.15, 0.2) is 24.4 Å². The van der Waals surface area contributed by atoms with Crippen LogP contribution in [0, 0.1) is 0 Å². The van der Waals surface area contributed by atoms with Crippen LogP contribution in [0.5, 0.6) is 0 Å². The highest BCUT2D eigenvalue weighted by Crippen LogP contribution is 2.30. The number of hydrogen-bond acceptors (Lipinski definition) is 3. The minimum absolute atomic E-state index is 0.00801. The van der Waals surface area contributed by atoms with Gasteiger partial charge in [-0.3, -0.25) is 4.98 Å². The number of urea groups is 1. The lowest BCUT2D eigenvalue weighted by Crippen LogP contribution is -2.42. The van der Waals surface area contributed by atoms with Crippen molar-refractivity contribution in [2.75, 3.05) is 19.7 Å². The minimum Gasteiger partial charge on any atom is -0.376 e. The molecule has 0 saturated carbocycles. The van der Waals surface area contributed by atoms with Crippen LogP contribution < -0.4 is 5.32 Å². The SMILES string of the molecule is O=C(NC[C@@H]1CCCO1)N1CCC[C@@H]1c1ccccn1. The van der Waals surface area contributed by atoms with Crippen molar-refractivity contribution in [2.24, 2.45) is 0 Å². The number of ether oxygens (including phenoxy) is 1. The first-order valence-corrected chi connectivity index (χ1v) is 7.41. The van der Waals surface area contributed by atoms with Gasteiger partial charge in [-0.05, 0) is 37.8 Å². The summed E-state index contributed by atoms with van der Waals surface area (Å²) in [6.07, 6.45) is 6.15. The van der Waals surface area contributed by atoms with Crippen molar-refractivity contribution < 1.29 is 9.53 Å². The maximum atomic E-state index is 12.3. The van der Waals surface area contributed by atoms with Crippen molar-refractivity contribution >= 4 is 6.03 Å². The fraction of sp³-hybridized carbons (Fsp3) is 0.600. The second-order valence-electron chi connectivity index (χ2n) is 5.43. The third-order valence-electron chi connectivity index (χ3n) is 4.05. The normalized spacial score (nSPS) is 25.9. The van der Waals surface area contributed by atoms with Crippen LogP contribution in [0.4, 0.5) is 4.79 Å². The number of amides is 2. The van der Waals surface area contributed by atoms with E-state index in [2.05, 4.69) is 10.3 Å². The van der Waals surface area contributed by atoms with Gasteiger partial charge in [0.05, 0.1) is 17.8 Å². The molecule has 0 bridgehead atoms. The first-order valence-electron chi connectivity index (χ1n) is 7.41. The van der Waals surface area contributed by atoms with Gasteiger partial charge in [-0.1, -0.05) is 6.07 Å². The Morgan fingerprint density at radius 3 is 3.10 bits per heavy atom. The molecular formula is C15H21N3O2. The number of pyridine rings is 1. The summed E-state index contributed by atoms with van der Waals surface area (Å²) in [5.74, 6) is 0. The average Bonchev–Trinajstić information content (AvgIpc) is 3.17. The number of rotatable bonds is 3. The molecule has 2 saturated heterocycles. The van der Waals surface area contributed by atoms with Gasteiger partial charge in [0.15, 0.2) is 0 Å². The summed E-state index contributed by atoms with van der Waals surface area (Å²) in [7, 11) is 0. The fourth-order valence-electron chi connectivity index (χ4n) is 3.00. The minimum atomic E-state index is 0.00801. The quantitative estimate of drug-likeness (QED) is 0.919. The molecular weight excluding hydrogens is 254 g/mol. The topological polar surface area (TPSA) is 54.5 Å². The predicted octanol–water partition coefficient (Wildman–Crippen LogP) is 2.11. The predicted molar refractivity (Wildman–Crippen MR) is 75.3 cm³/mol. The Morgan fingerprint density at radius 2 is 2.35 bits per heavy atom. The van der Waals surface area contributed by atoms with Gasteiger partial charge in [0.25, 0.3) is 0 Å².